The number of nitrogens with zero attached hydrogens (tertiary/aromatic N) is 1. The van der Waals surface area contributed by atoms with Gasteiger partial charge in [0, 0.05) is 13.3 Å². The van der Waals surface area contributed by atoms with E-state index in [1.807, 2.05) is 0 Å². The molecule has 1 rings (SSSR count). The first-order valence-electron chi connectivity index (χ1n) is 4.74. The second-order valence-corrected chi connectivity index (χ2v) is 3.39. The van der Waals surface area contributed by atoms with Gasteiger partial charge in [-0.05, 0) is 13.0 Å². The first-order chi connectivity index (χ1) is 7.43. The van der Waals surface area contributed by atoms with Crippen molar-refractivity contribution in [3.8, 4) is 5.75 Å². The molecule has 1 unspecified atom stereocenters. The van der Waals surface area contributed by atoms with Gasteiger partial charge in [0.05, 0.1) is 12.3 Å². The summed E-state index contributed by atoms with van der Waals surface area (Å²) < 4.78 is 47.1. The second kappa shape index (κ2) is 5.20. The molecule has 0 saturated carbocycles. The van der Waals surface area contributed by atoms with Crippen molar-refractivity contribution >= 4 is 12.4 Å². The van der Waals surface area contributed by atoms with E-state index < -0.39 is 12.4 Å². The van der Waals surface area contributed by atoms with Crippen LogP contribution in [0.25, 0.3) is 0 Å². The fraction of sp³-hybridized carbons (Fsp3) is 0.444. The number of pyridine rings is 1. The first-order valence-corrected chi connectivity index (χ1v) is 4.74. The quantitative estimate of drug-likeness (QED) is 0.724. The van der Waals surface area contributed by atoms with Gasteiger partial charge in [-0.1, -0.05) is 5.46 Å². The van der Waals surface area contributed by atoms with Crippen LogP contribution >= 0.6 is 0 Å². The predicted octanol–water partition coefficient (Wildman–Crippen LogP) is 1.55. The topological polar surface area (TPSA) is 31.4 Å². The van der Waals surface area contributed by atoms with Crippen LogP contribution in [0.3, 0.4) is 0 Å². The lowest BCUT2D eigenvalue weighted by Crippen LogP contribution is -2.34. The van der Waals surface area contributed by atoms with Crippen LogP contribution < -0.4 is 10.2 Å². The monoisotopic (exact) mass is 234 g/mol. The molecule has 0 radical (unpaired) electrons. The summed E-state index contributed by atoms with van der Waals surface area (Å²) in [6, 6.07) is 0.940. The number of aromatic nitrogens is 1. The van der Waals surface area contributed by atoms with Gasteiger partial charge in [-0.25, -0.2) is 0 Å². The Morgan fingerprint density at radius 3 is 2.62 bits per heavy atom. The molecule has 0 amide bonds. The highest BCUT2D eigenvalue weighted by Crippen LogP contribution is 2.13. The minimum Gasteiger partial charge on any atom is -0.489 e. The number of rotatable bonds is 5. The molecule has 16 heavy (non-hydrogen) atoms. The van der Waals surface area contributed by atoms with Gasteiger partial charge in [0.1, 0.15) is 12.4 Å². The van der Waals surface area contributed by atoms with Crippen molar-refractivity contribution in [2.24, 2.45) is 0 Å². The average molecular weight is 234 g/mol. The Bertz CT molecular complexity index is 346. The highest BCUT2D eigenvalue weighted by molar-refractivity contribution is 6.73. The van der Waals surface area contributed by atoms with Gasteiger partial charge in [0.25, 0.3) is 0 Å². The molecule has 0 aliphatic heterocycles. The van der Waals surface area contributed by atoms with Gasteiger partial charge >= 0.3 is 6.98 Å². The summed E-state index contributed by atoms with van der Waals surface area (Å²) in [6.07, 6.45) is 1.85. The zero-order chi connectivity index (χ0) is 12.2. The van der Waals surface area contributed by atoms with Crippen molar-refractivity contribution in [1.82, 2.24) is 4.98 Å². The lowest BCUT2D eigenvalue weighted by atomic mass is 9.81. The highest BCUT2D eigenvalue weighted by atomic mass is 19.4. The van der Waals surface area contributed by atoms with E-state index in [-0.39, 0.29) is 18.5 Å². The zero-order valence-corrected chi connectivity index (χ0v) is 8.99. The molecule has 0 aliphatic rings. The molecule has 1 atom stereocenters. The molecule has 0 spiro atoms. The van der Waals surface area contributed by atoms with Gasteiger partial charge in [0.15, 0.2) is 0 Å². The molecule has 1 heterocycles. The number of halogens is 3. The average Bonchev–Trinajstić information content (AvgIpc) is 2.25. The SMILES string of the molecule is COC(C)COc1cncc([B-](F)(F)F)c1. The summed E-state index contributed by atoms with van der Waals surface area (Å²) in [6.45, 7) is -3.09. The smallest absolute Gasteiger partial charge is 0.489 e. The minimum atomic E-state index is -5.03. The third-order valence-electron chi connectivity index (χ3n) is 2.00. The van der Waals surface area contributed by atoms with Crippen LogP contribution in [0.5, 0.6) is 5.75 Å². The van der Waals surface area contributed by atoms with Crippen molar-refractivity contribution in [3.05, 3.63) is 18.5 Å². The molecule has 0 bridgehead atoms. The lowest BCUT2D eigenvalue weighted by molar-refractivity contribution is 0.0715. The van der Waals surface area contributed by atoms with Gasteiger partial charge in [0.2, 0.25) is 0 Å². The van der Waals surface area contributed by atoms with Gasteiger partial charge < -0.3 is 22.4 Å². The summed E-state index contributed by atoms with van der Waals surface area (Å²) in [7, 11) is 1.50. The summed E-state index contributed by atoms with van der Waals surface area (Å²) in [5.41, 5.74) is -0.762. The largest absolute Gasteiger partial charge is 0.511 e. The number of hydrogen-bond acceptors (Lipinski definition) is 3. The molecule has 1 aromatic rings. The summed E-state index contributed by atoms with van der Waals surface area (Å²) in [4.78, 5) is 3.48. The summed E-state index contributed by atoms with van der Waals surface area (Å²) in [5.74, 6) is 0.0978. The van der Waals surface area contributed by atoms with Crippen molar-refractivity contribution < 1.29 is 22.4 Å². The summed E-state index contributed by atoms with van der Waals surface area (Å²) >= 11 is 0. The molecule has 0 saturated heterocycles. The molecule has 0 aliphatic carbocycles. The fourth-order valence-corrected chi connectivity index (χ4v) is 0.975. The predicted molar refractivity (Wildman–Crippen MR) is 54.9 cm³/mol. The molecule has 0 fully saturated rings. The molecule has 1 aromatic heterocycles. The van der Waals surface area contributed by atoms with Crippen LogP contribution in [0, 0.1) is 0 Å². The van der Waals surface area contributed by atoms with E-state index in [1.54, 1.807) is 6.92 Å². The Balaban J connectivity index is 2.68. The van der Waals surface area contributed by atoms with Gasteiger partial charge in [-0.3, -0.25) is 4.98 Å². The normalized spacial score (nSPS) is 13.6. The standard InChI is InChI=1S/C9H12BF3NO2/c1-7(15-2)6-16-9-3-8(4-14-5-9)10(11,12)13/h3-5,7H,6H2,1-2H3/q-1. The zero-order valence-electron chi connectivity index (χ0n) is 8.99. The molecule has 3 nitrogen and oxygen atoms in total. The van der Waals surface area contributed by atoms with E-state index in [0.717, 1.165) is 12.3 Å². The Labute approximate surface area is 91.6 Å². The minimum absolute atomic E-state index is 0.0978. The third-order valence-corrected chi connectivity index (χ3v) is 2.00. The Morgan fingerprint density at radius 2 is 2.06 bits per heavy atom. The van der Waals surface area contributed by atoms with Crippen LogP contribution in [0.15, 0.2) is 18.5 Å². The van der Waals surface area contributed by atoms with E-state index in [1.165, 1.54) is 13.3 Å². The molecule has 7 heteroatoms. The third kappa shape index (κ3) is 3.73. The van der Waals surface area contributed by atoms with Crippen LogP contribution in [0.4, 0.5) is 12.9 Å². The Morgan fingerprint density at radius 1 is 1.38 bits per heavy atom. The Hall–Kier alpha value is -1.24. The fourth-order valence-electron chi connectivity index (χ4n) is 0.975. The number of methoxy groups -OCH3 is 1. The van der Waals surface area contributed by atoms with Crippen molar-refractivity contribution in [2.75, 3.05) is 13.7 Å². The summed E-state index contributed by atoms with van der Waals surface area (Å²) in [5, 5.41) is 0. The van der Waals surface area contributed by atoms with Crippen LogP contribution in [-0.2, 0) is 4.74 Å². The van der Waals surface area contributed by atoms with Crippen molar-refractivity contribution in [3.63, 3.8) is 0 Å². The van der Waals surface area contributed by atoms with E-state index >= 15 is 0 Å². The first kappa shape index (κ1) is 12.8. The maximum atomic E-state index is 12.4. The van der Waals surface area contributed by atoms with Crippen molar-refractivity contribution in [2.45, 2.75) is 13.0 Å². The van der Waals surface area contributed by atoms with E-state index in [2.05, 4.69) is 4.98 Å². The van der Waals surface area contributed by atoms with Crippen molar-refractivity contribution in [1.29, 1.82) is 0 Å². The maximum absolute atomic E-state index is 12.4. The Kier molecular flexibility index (Phi) is 4.17. The molecular weight excluding hydrogens is 222 g/mol. The van der Waals surface area contributed by atoms with Crippen LogP contribution in [-0.4, -0.2) is 31.8 Å². The van der Waals surface area contributed by atoms with E-state index in [9.17, 15) is 12.9 Å². The number of ether oxygens (including phenoxy) is 2. The second-order valence-electron chi connectivity index (χ2n) is 3.39. The van der Waals surface area contributed by atoms with Crippen LogP contribution in [0.1, 0.15) is 6.92 Å². The highest BCUT2D eigenvalue weighted by Gasteiger charge is 2.26. The maximum Gasteiger partial charge on any atom is 0.511 e. The van der Waals surface area contributed by atoms with Gasteiger partial charge in [-0.2, -0.15) is 0 Å². The van der Waals surface area contributed by atoms with E-state index in [0.29, 0.717) is 0 Å². The molecule has 0 aromatic carbocycles. The molecule has 90 valence electrons. The van der Waals surface area contributed by atoms with E-state index in [4.69, 9.17) is 9.47 Å². The molecular formula is C9H12BF3NO2-. The van der Waals surface area contributed by atoms with Gasteiger partial charge in [-0.15, -0.1) is 0 Å². The lowest BCUT2D eigenvalue weighted by Gasteiger charge is -2.16. The number of hydrogen-bond donors (Lipinski definition) is 0. The molecule has 0 N–H and O–H groups in total. The van der Waals surface area contributed by atoms with Crippen LogP contribution in [0.2, 0.25) is 0 Å².